The summed E-state index contributed by atoms with van der Waals surface area (Å²) in [6.45, 7) is 4.41. The van der Waals surface area contributed by atoms with Crippen molar-refractivity contribution in [2.45, 2.75) is 6.54 Å². The molecule has 1 amide bonds. The van der Waals surface area contributed by atoms with Gasteiger partial charge in [0.15, 0.2) is 5.65 Å². The van der Waals surface area contributed by atoms with Crippen molar-refractivity contribution in [3.8, 4) is 11.3 Å². The molecule has 3 heterocycles. The number of nitrogen functional groups attached to an aromatic ring is 1. The number of carbonyl (C=O) groups is 1. The third-order valence-corrected chi connectivity index (χ3v) is 4.37. The molecular formula is C19H18N8O. The van der Waals surface area contributed by atoms with Crippen LogP contribution in [0.1, 0.15) is 0 Å². The number of benzene rings is 1. The van der Waals surface area contributed by atoms with Crippen molar-refractivity contribution in [2.75, 3.05) is 17.2 Å². The quantitative estimate of drug-likeness (QED) is 0.498. The number of H-pyrrole nitrogens is 1. The van der Waals surface area contributed by atoms with Gasteiger partial charge < -0.3 is 10.6 Å². The molecule has 0 aliphatic heterocycles. The highest BCUT2D eigenvalue weighted by atomic mass is 16.2. The fraction of sp³-hybridized carbons (Fsp3) is 0.105. The number of anilines is 2. The predicted octanol–water partition coefficient (Wildman–Crippen LogP) is 2.02. The normalized spacial score (nSPS) is 10.9. The molecule has 0 spiro atoms. The minimum absolute atomic E-state index is 0.188. The molecule has 3 aromatic heterocycles. The first-order valence-electron chi connectivity index (χ1n) is 8.64. The summed E-state index contributed by atoms with van der Waals surface area (Å²) >= 11 is 0. The summed E-state index contributed by atoms with van der Waals surface area (Å²) in [5.74, 6) is 0.154. The lowest BCUT2D eigenvalue weighted by molar-refractivity contribution is -0.114. The number of hydrogen-bond donors (Lipinski definition) is 2. The van der Waals surface area contributed by atoms with Gasteiger partial charge in [0.05, 0.1) is 18.1 Å². The number of aromatic nitrogens is 6. The summed E-state index contributed by atoms with van der Waals surface area (Å²) in [5.41, 5.74) is 8.89. The number of amides is 1. The molecule has 9 heteroatoms. The number of para-hydroxylation sites is 1. The molecule has 0 saturated heterocycles. The number of hydrogen-bond acceptors (Lipinski definition) is 6. The zero-order valence-corrected chi connectivity index (χ0v) is 15.0. The van der Waals surface area contributed by atoms with Gasteiger partial charge in [-0.1, -0.05) is 24.8 Å². The second kappa shape index (κ2) is 7.31. The maximum atomic E-state index is 12.4. The fourth-order valence-electron chi connectivity index (χ4n) is 3.05. The summed E-state index contributed by atoms with van der Waals surface area (Å²) < 4.78 is 1.72. The third kappa shape index (κ3) is 3.09. The van der Waals surface area contributed by atoms with Gasteiger partial charge in [-0.3, -0.25) is 9.89 Å². The van der Waals surface area contributed by atoms with Crippen LogP contribution in [0.3, 0.4) is 0 Å². The van der Waals surface area contributed by atoms with E-state index in [0.717, 1.165) is 11.3 Å². The van der Waals surface area contributed by atoms with Crippen LogP contribution in [-0.4, -0.2) is 42.4 Å². The van der Waals surface area contributed by atoms with Crippen LogP contribution in [-0.2, 0) is 11.3 Å². The lowest BCUT2D eigenvalue weighted by Crippen LogP contribution is -2.32. The fourth-order valence-corrected chi connectivity index (χ4v) is 3.05. The summed E-state index contributed by atoms with van der Waals surface area (Å²) in [5, 5.41) is 12.1. The van der Waals surface area contributed by atoms with Gasteiger partial charge >= 0.3 is 0 Å². The number of nitrogens with two attached hydrogens (primary N) is 1. The topological polar surface area (TPSA) is 119 Å². The number of fused-ring (bicyclic) bond motifs is 1. The molecule has 0 fully saturated rings. The molecule has 28 heavy (non-hydrogen) atoms. The van der Waals surface area contributed by atoms with E-state index >= 15 is 0 Å². The second-order valence-electron chi connectivity index (χ2n) is 6.05. The Kier molecular flexibility index (Phi) is 4.55. The standard InChI is InChI=1S/C19H18N8O/c1-2-15(28)26(14-6-4-3-5-7-14)8-9-27-19-16(18(20)21-12-22-19)17(25-27)13-10-23-24-11-13/h2-7,10-12H,1,8-9H2,(H,23,24)(H2,20,21,22). The highest BCUT2D eigenvalue weighted by Crippen LogP contribution is 2.29. The van der Waals surface area contributed by atoms with Gasteiger partial charge in [0.25, 0.3) is 0 Å². The van der Waals surface area contributed by atoms with Crippen molar-refractivity contribution in [3.63, 3.8) is 0 Å². The van der Waals surface area contributed by atoms with Crippen molar-refractivity contribution in [1.29, 1.82) is 0 Å². The highest BCUT2D eigenvalue weighted by molar-refractivity contribution is 6.01. The maximum absolute atomic E-state index is 12.4. The smallest absolute Gasteiger partial charge is 0.250 e. The first-order valence-corrected chi connectivity index (χ1v) is 8.64. The molecule has 0 atom stereocenters. The largest absolute Gasteiger partial charge is 0.383 e. The molecule has 4 aromatic rings. The SMILES string of the molecule is C=CC(=O)N(CCn1nc(-c2cn[nH]c2)c2c(N)ncnc21)c1ccccc1. The van der Waals surface area contributed by atoms with E-state index in [-0.39, 0.29) is 5.91 Å². The molecular weight excluding hydrogens is 356 g/mol. The third-order valence-electron chi connectivity index (χ3n) is 4.37. The molecule has 3 N–H and O–H groups in total. The number of nitrogens with zero attached hydrogens (tertiary/aromatic N) is 6. The Morgan fingerprint density at radius 1 is 1.29 bits per heavy atom. The zero-order chi connectivity index (χ0) is 19.5. The van der Waals surface area contributed by atoms with E-state index in [0.29, 0.717) is 35.6 Å². The van der Waals surface area contributed by atoms with Crippen LogP contribution >= 0.6 is 0 Å². The number of nitrogens with one attached hydrogen (secondary N) is 1. The number of rotatable bonds is 6. The van der Waals surface area contributed by atoms with Crippen molar-refractivity contribution in [1.82, 2.24) is 29.9 Å². The van der Waals surface area contributed by atoms with Gasteiger partial charge in [0.1, 0.15) is 17.8 Å². The van der Waals surface area contributed by atoms with Crippen LogP contribution in [0.2, 0.25) is 0 Å². The Balaban J connectivity index is 1.71. The van der Waals surface area contributed by atoms with Crippen molar-refractivity contribution >= 4 is 28.4 Å². The van der Waals surface area contributed by atoms with E-state index in [4.69, 9.17) is 5.73 Å². The van der Waals surface area contributed by atoms with Crippen LogP contribution in [0, 0.1) is 0 Å². The minimum Gasteiger partial charge on any atom is -0.383 e. The van der Waals surface area contributed by atoms with E-state index in [2.05, 4.69) is 31.8 Å². The predicted molar refractivity (Wildman–Crippen MR) is 106 cm³/mol. The summed E-state index contributed by atoms with van der Waals surface area (Å²) in [4.78, 5) is 22.4. The van der Waals surface area contributed by atoms with Gasteiger partial charge in [0.2, 0.25) is 5.91 Å². The molecule has 9 nitrogen and oxygen atoms in total. The van der Waals surface area contributed by atoms with Crippen molar-refractivity contribution < 1.29 is 4.79 Å². The van der Waals surface area contributed by atoms with E-state index in [1.165, 1.54) is 12.4 Å². The molecule has 0 unspecified atom stereocenters. The Bertz CT molecular complexity index is 1120. The molecule has 0 saturated carbocycles. The zero-order valence-electron chi connectivity index (χ0n) is 15.0. The Morgan fingerprint density at radius 2 is 2.11 bits per heavy atom. The summed E-state index contributed by atoms with van der Waals surface area (Å²) in [7, 11) is 0. The molecule has 0 radical (unpaired) electrons. The molecule has 1 aromatic carbocycles. The van der Waals surface area contributed by atoms with Gasteiger partial charge in [-0.25, -0.2) is 14.6 Å². The number of aromatic amines is 1. The van der Waals surface area contributed by atoms with Crippen LogP contribution in [0.5, 0.6) is 0 Å². The summed E-state index contributed by atoms with van der Waals surface area (Å²) in [6, 6.07) is 9.41. The van der Waals surface area contributed by atoms with E-state index < -0.39 is 0 Å². The van der Waals surface area contributed by atoms with Gasteiger partial charge in [-0.05, 0) is 18.2 Å². The maximum Gasteiger partial charge on any atom is 0.250 e. The molecule has 140 valence electrons. The lowest BCUT2D eigenvalue weighted by Gasteiger charge is -2.21. The Morgan fingerprint density at radius 3 is 2.82 bits per heavy atom. The van der Waals surface area contributed by atoms with Gasteiger partial charge in [0, 0.05) is 24.0 Å². The van der Waals surface area contributed by atoms with E-state index in [1.54, 1.807) is 22.0 Å². The average Bonchev–Trinajstić information content (AvgIpc) is 3.37. The first kappa shape index (κ1) is 17.4. The van der Waals surface area contributed by atoms with Crippen molar-refractivity contribution in [2.24, 2.45) is 0 Å². The Hall–Kier alpha value is -4.01. The average molecular weight is 374 g/mol. The van der Waals surface area contributed by atoms with Gasteiger partial charge in [-0.15, -0.1) is 0 Å². The van der Waals surface area contributed by atoms with Crippen LogP contribution in [0.25, 0.3) is 22.3 Å². The van der Waals surface area contributed by atoms with Gasteiger partial charge in [-0.2, -0.15) is 10.2 Å². The second-order valence-corrected chi connectivity index (χ2v) is 6.05. The van der Waals surface area contributed by atoms with E-state index in [1.807, 2.05) is 30.3 Å². The first-order chi connectivity index (χ1) is 13.7. The molecule has 0 aliphatic rings. The monoisotopic (exact) mass is 374 g/mol. The lowest BCUT2D eigenvalue weighted by atomic mass is 10.2. The Labute approximate surface area is 160 Å². The minimum atomic E-state index is -0.188. The number of carbonyl (C=O) groups excluding carboxylic acids is 1. The van der Waals surface area contributed by atoms with Crippen molar-refractivity contribution in [3.05, 3.63) is 61.7 Å². The molecule has 0 bridgehead atoms. The summed E-state index contributed by atoms with van der Waals surface area (Å²) in [6.07, 6.45) is 6.09. The highest BCUT2D eigenvalue weighted by Gasteiger charge is 2.19. The molecule has 4 rings (SSSR count). The van der Waals surface area contributed by atoms with Crippen LogP contribution < -0.4 is 10.6 Å². The van der Waals surface area contributed by atoms with E-state index in [9.17, 15) is 4.79 Å². The molecule has 0 aliphatic carbocycles. The van der Waals surface area contributed by atoms with Crippen LogP contribution in [0.15, 0.2) is 61.7 Å². The van der Waals surface area contributed by atoms with Crippen LogP contribution in [0.4, 0.5) is 11.5 Å².